The van der Waals surface area contributed by atoms with Crippen LogP contribution in [0.4, 0.5) is 0 Å². The molecule has 0 aliphatic rings. The topological polar surface area (TPSA) is 3.24 Å². The first kappa shape index (κ1) is 38.5. The fourth-order valence-electron chi connectivity index (χ4n) is 6.08. The predicted octanol–water partition coefficient (Wildman–Crippen LogP) is 13.1. The van der Waals surface area contributed by atoms with Gasteiger partial charge in [-0.3, -0.25) is 4.90 Å². The predicted molar refractivity (Wildman–Crippen MR) is 180 cm³/mol. The van der Waals surface area contributed by atoms with Crippen LogP contribution in [-0.4, -0.2) is 17.0 Å². The highest BCUT2D eigenvalue weighted by Crippen LogP contribution is 2.21. The van der Waals surface area contributed by atoms with Gasteiger partial charge in [-0.1, -0.05) is 185 Å². The van der Waals surface area contributed by atoms with E-state index in [9.17, 15) is 0 Å². The van der Waals surface area contributed by atoms with Gasteiger partial charge < -0.3 is 0 Å². The van der Waals surface area contributed by atoms with Crippen LogP contribution < -0.4 is 0 Å². The van der Waals surface area contributed by atoms with Gasteiger partial charge in [0.05, 0.1) is 0 Å². The van der Waals surface area contributed by atoms with Gasteiger partial charge in [0.25, 0.3) is 0 Å². The molecule has 2 unspecified atom stereocenters. The number of nitrogens with zero attached hydrogens (tertiary/aromatic N) is 1. The molecule has 0 aliphatic heterocycles. The van der Waals surface area contributed by atoms with E-state index in [1.165, 1.54) is 160 Å². The number of hydrogen-bond donors (Lipinski definition) is 0. The second-order valence-corrected chi connectivity index (χ2v) is 12.5. The summed E-state index contributed by atoms with van der Waals surface area (Å²) in [6.45, 7) is 10.7. The second kappa shape index (κ2) is 29.0. The van der Waals surface area contributed by atoms with Crippen LogP contribution in [0.2, 0.25) is 0 Å². The molecule has 0 radical (unpaired) electrons. The highest BCUT2D eigenvalue weighted by Gasteiger charge is 2.20. The normalized spacial score (nSPS) is 12.9. The molecule has 0 aliphatic carbocycles. The molecule has 0 heterocycles. The van der Waals surface area contributed by atoms with Gasteiger partial charge in [0.1, 0.15) is 0 Å². The molecule has 0 saturated heterocycles. The Morgan fingerprint density at radius 3 is 1.10 bits per heavy atom. The Labute approximate surface area is 253 Å². The molecule has 0 fully saturated rings. The average molecular weight is 564 g/mol. The fraction of sp³-hybridized carbons (Fsp3) is 0.838. The molecule has 39 heavy (non-hydrogen) atoms. The molecule has 1 rings (SSSR count). The summed E-state index contributed by atoms with van der Waals surface area (Å²) in [6, 6.07) is 12.5. The average Bonchev–Trinajstić information content (AvgIpc) is 2.93. The van der Waals surface area contributed by atoms with Crippen LogP contribution >= 0.6 is 12.4 Å². The lowest BCUT2D eigenvalue weighted by molar-refractivity contribution is 0.126. The van der Waals surface area contributed by atoms with Crippen molar-refractivity contribution in [3.8, 4) is 0 Å². The summed E-state index contributed by atoms with van der Waals surface area (Å²) in [5.41, 5.74) is 1.48. The molecule has 0 spiro atoms. The highest BCUT2D eigenvalue weighted by molar-refractivity contribution is 5.85. The number of rotatable bonds is 28. The Bertz CT molecular complexity index is 556. The molecule has 230 valence electrons. The highest BCUT2D eigenvalue weighted by atomic mass is 35.5. The van der Waals surface area contributed by atoms with Crippen LogP contribution in [0.5, 0.6) is 0 Å². The maximum absolute atomic E-state index is 2.82. The first-order valence-electron chi connectivity index (χ1n) is 17.5. The fourth-order valence-corrected chi connectivity index (χ4v) is 6.08. The lowest BCUT2D eigenvalue weighted by Gasteiger charge is -2.35. The van der Waals surface area contributed by atoms with Crippen molar-refractivity contribution in [2.45, 2.75) is 200 Å². The third-order valence-corrected chi connectivity index (χ3v) is 8.79. The van der Waals surface area contributed by atoms with Crippen molar-refractivity contribution in [3.63, 3.8) is 0 Å². The van der Waals surface area contributed by atoms with Crippen LogP contribution in [0.3, 0.4) is 0 Å². The summed E-state index contributed by atoms with van der Waals surface area (Å²) in [4.78, 5) is 2.82. The van der Waals surface area contributed by atoms with Gasteiger partial charge in [0.2, 0.25) is 0 Å². The van der Waals surface area contributed by atoms with Crippen LogP contribution in [0.15, 0.2) is 30.3 Å². The smallest absolute Gasteiger partial charge is 0.0239 e. The van der Waals surface area contributed by atoms with E-state index in [0.717, 1.165) is 6.54 Å². The maximum Gasteiger partial charge on any atom is 0.0239 e. The Balaban J connectivity index is 0.0000144. The van der Waals surface area contributed by atoms with Crippen molar-refractivity contribution in [2.75, 3.05) is 0 Å². The Hall–Kier alpha value is -0.530. The van der Waals surface area contributed by atoms with Crippen LogP contribution in [0.25, 0.3) is 0 Å². The number of unbranched alkanes of at least 4 members (excludes halogenated alkanes) is 20. The van der Waals surface area contributed by atoms with Crippen LogP contribution in [-0.2, 0) is 6.54 Å². The van der Waals surface area contributed by atoms with Gasteiger partial charge >= 0.3 is 0 Å². The standard InChI is InChI=1S/C37H69N.ClH/c1-5-7-9-11-13-15-17-19-21-23-26-30-35(3)38(34-37-32-28-25-29-33-37)36(4)31-27-24-22-20-18-16-14-12-10-8-6-2;/h25,28-29,32-33,35-36H,5-24,26-27,30-31,34H2,1-4H3;1H. The zero-order valence-electron chi connectivity index (χ0n) is 27.1. The molecular formula is C37H70ClN. The molecule has 0 aromatic heterocycles. The molecular weight excluding hydrogens is 494 g/mol. The molecule has 0 N–H and O–H groups in total. The van der Waals surface area contributed by atoms with Crippen molar-refractivity contribution in [1.29, 1.82) is 0 Å². The largest absolute Gasteiger partial charge is 0.294 e. The van der Waals surface area contributed by atoms with E-state index in [1.807, 2.05) is 0 Å². The summed E-state index contributed by atoms with van der Waals surface area (Å²) in [7, 11) is 0. The quantitative estimate of drug-likeness (QED) is 0.0916. The van der Waals surface area contributed by atoms with Gasteiger partial charge in [-0.05, 0) is 32.3 Å². The van der Waals surface area contributed by atoms with E-state index in [0.29, 0.717) is 12.1 Å². The molecule has 1 aromatic carbocycles. The molecule has 2 atom stereocenters. The van der Waals surface area contributed by atoms with Gasteiger partial charge in [-0.2, -0.15) is 0 Å². The van der Waals surface area contributed by atoms with Gasteiger partial charge in [0.15, 0.2) is 0 Å². The molecule has 1 nitrogen and oxygen atoms in total. The zero-order chi connectivity index (χ0) is 27.5. The summed E-state index contributed by atoms with van der Waals surface area (Å²) >= 11 is 0. The summed E-state index contributed by atoms with van der Waals surface area (Å²) < 4.78 is 0. The molecule has 0 bridgehead atoms. The first-order chi connectivity index (χ1) is 18.7. The van der Waals surface area contributed by atoms with Crippen molar-refractivity contribution in [3.05, 3.63) is 35.9 Å². The van der Waals surface area contributed by atoms with Crippen LogP contribution in [0, 0.1) is 0 Å². The van der Waals surface area contributed by atoms with E-state index in [1.54, 1.807) is 0 Å². The summed E-state index contributed by atoms with van der Waals surface area (Å²) in [5, 5.41) is 0. The minimum Gasteiger partial charge on any atom is -0.294 e. The van der Waals surface area contributed by atoms with Crippen LogP contribution in [0.1, 0.15) is 187 Å². The van der Waals surface area contributed by atoms with Crippen molar-refractivity contribution in [1.82, 2.24) is 4.90 Å². The van der Waals surface area contributed by atoms with Gasteiger partial charge in [-0.25, -0.2) is 0 Å². The Kier molecular flexibility index (Phi) is 28.6. The van der Waals surface area contributed by atoms with E-state index in [-0.39, 0.29) is 12.4 Å². The molecule has 0 saturated carbocycles. The van der Waals surface area contributed by atoms with Gasteiger partial charge in [0, 0.05) is 18.6 Å². The third kappa shape index (κ3) is 22.8. The first-order valence-corrected chi connectivity index (χ1v) is 17.5. The van der Waals surface area contributed by atoms with Crippen molar-refractivity contribution >= 4 is 12.4 Å². The van der Waals surface area contributed by atoms with E-state index < -0.39 is 0 Å². The monoisotopic (exact) mass is 564 g/mol. The van der Waals surface area contributed by atoms with E-state index in [4.69, 9.17) is 0 Å². The number of halogens is 1. The Morgan fingerprint density at radius 2 is 0.769 bits per heavy atom. The molecule has 1 aromatic rings. The SMILES string of the molecule is CCCCCCCCCCCCCC(C)N(Cc1ccccc1)C(C)CCCCCCCCCCCCC.Cl. The minimum absolute atomic E-state index is 0. The lowest BCUT2D eigenvalue weighted by Crippen LogP contribution is -2.39. The second-order valence-electron chi connectivity index (χ2n) is 12.5. The van der Waals surface area contributed by atoms with Crippen molar-refractivity contribution < 1.29 is 0 Å². The molecule has 2 heteroatoms. The van der Waals surface area contributed by atoms with Gasteiger partial charge in [-0.15, -0.1) is 12.4 Å². The number of hydrogen-bond acceptors (Lipinski definition) is 1. The summed E-state index contributed by atoms with van der Waals surface area (Å²) in [6.07, 6.45) is 34.3. The van der Waals surface area contributed by atoms with Crippen molar-refractivity contribution in [2.24, 2.45) is 0 Å². The Morgan fingerprint density at radius 1 is 0.462 bits per heavy atom. The number of benzene rings is 1. The van der Waals surface area contributed by atoms with E-state index in [2.05, 4.69) is 62.9 Å². The van der Waals surface area contributed by atoms with E-state index >= 15 is 0 Å². The zero-order valence-corrected chi connectivity index (χ0v) is 27.9. The lowest BCUT2D eigenvalue weighted by atomic mass is 10.00. The molecule has 0 amide bonds. The maximum atomic E-state index is 2.82. The third-order valence-electron chi connectivity index (χ3n) is 8.79. The minimum atomic E-state index is 0. The summed E-state index contributed by atoms with van der Waals surface area (Å²) in [5.74, 6) is 0.